The third kappa shape index (κ3) is 10.3. The van der Waals surface area contributed by atoms with Crippen LogP contribution in [0, 0.1) is 0 Å². The molecule has 370 valence electrons. The summed E-state index contributed by atoms with van der Waals surface area (Å²) in [6, 6.07) is 15.5. The van der Waals surface area contributed by atoms with E-state index in [4.69, 9.17) is 23.9 Å². The number of aromatic nitrogens is 4. The summed E-state index contributed by atoms with van der Waals surface area (Å²) in [5.74, 6) is 0.773. The Morgan fingerprint density at radius 3 is 2.37 bits per heavy atom. The molecule has 3 fully saturated rings. The molecule has 1 unspecified atom stereocenters. The highest BCUT2D eigenvalue weighted by Gasteiger charge is 2.33. The summed E-state index contributed by atoms with van der Waals surface area (Å²) in [4.78, 5) is 59.6. The van der Waals surface area contributed by atoms with E-state index < -0.39 is 24.8 Å². The van der Waals surface area contributed by atoms with Crippen molar-refractivity contribution in [2.24, 2.45) is 0 Å². The number of piperidine rings is 2. The smallest absolute Gasteiger partial charge is 0.420 e. The number of methoxy groups -OCH3 is 1. The maximum atomic E-state index is 13.8. The molecule has 3 aromatic heterocycles. The van der Waals surface area contributed by atoms with E-state index in [0.717, 1.165) is 110 Å². The molecule has 6 aromatic rings. The highest BCUT2D eigenvalue weighted by Crippen LogP contribution is 2.43. The minimum atomic E-state index is -2.75. The van der Waals surface area contributed by atoms with Gasteiger partial charge in [0, 0.05) is 104 Å². The van der Waals surface area contributed by atoms with Crippen LogP contribution in [0.4, 0.5) is 28.8 Å². The number of nitrogens with zero attached hydrogens (tertiary/aromatic N) is 7. The second-order valence-electron chi connectivity index (χ2n) is 18.6. The Bertz CT molecular complexity index is 3050. The van der Waals surface area contributed by atoms with Crippen molar-refractivity contribution in [1.29, 1.82) is 0 Å². The van der Waals surface area contributed by atoms with Crippen LogP contribution in [0.2, 0.25) is 0 Å². The molecule has 0 aliphatic carbocycles. The van der Waals surface area contributed by atoms with Gasteiger partial charge in [-0.15, -0.1) is 0 Å². The zero-order valence-electron chi connectivity index (χ0n) is 40.8. The number of nitrogens with one attached hydrogen (secondary N) is 3. The van der Waals surface area contributed by atoms with Crippen LogP contribution in [0.1, 0.15) is 69.3 Å². The second-order valence-corrected chi connectivity index (χ2v) is 22.6. The molecule has 3 aliphatic heterocycles. The third-order valence-electron chi connectivity index (χ3n) is 13.9. The number of piperazine rings is 1. The second kappa shape index (κ2) is 20.9. The normalized spacial score (nSPS) is 17.6. The first-order valence-electron chi connectivity index (χ1n) is 24.4. The third-order valence-corrected chi connectivity index (χ3v) is 16.0. The van der Waals surface area contributed by atoms with Crippen molar-refractivity contribution < 1.29 is 28.0 Å². The van der Waals surface area contributed by atoms with E-state index in [1.54, 1.807) is 32.7 Å². The quantitative estimate of drug-likeness (QED) is 0.0630. The lowest BCUT2D eigenvalue weighted by Crippen LogP contribution is -2.53. The maximum Gasteiger partial charge on any atom is 0.420 e. The number of halogens is 1. The molecule has 70 heavy (non-hydrogen) atoms. The van der Waals surface area contributed by atoms with Crippen LogP contribution in [-0.4, -0.2) is 120 Å². The van der Waals surface area contributed by atoms with Crippen molar-refractivity contribution >= 4 is 91.0 Å². The van der Waals surface area contributed by atoms with Gasteiger partial charge >= 0.3 is 5.76 Å². The first kappa shape index (κ1) is 49.2. The van der Waals surface area contributed by atoms with Gasteiger partial charge in [-0.1, -0.05) is 19.9 Å². The van der Waals surface area contributed by atoms with Gasteiger partial charge in [-0.2, -0.15) is 4.98 Å². The summed E-state index contributed by atoms with van der Waals surface area (Å²) in [6.07, 6.45) is 6.51. The van der Waals surface area contributed by atoms with Crippen molar-refractivity contribution in [2.45, 2.75) is 77.8 Å². The molecule has 6 heterocycles. The predicted molar refractivity (Wildman–Crippen MR) is 279 cm³/mol. The van der Waals surface area contributed by atoms with Crippen molar-refractivity contribution in [1.82, 2.24) is 34.6 Å². The Morgan fingerprint density at radius 1 is 0.886 bits per heavy atom. The Morgan fingerprint density at radius 2 is 1.67 bits per heavy atom. The molecule has 1 atom stereocenters. The number of hydrogen-bond donors (Lipinski definition) is 3. The first-order chi connectivity index (χ1) is 33.7. The molecule has 0 saturated carbocycles. The van der Waals surface area contributed by atoms with Crippen LogP contribution < -0.4 is 41.4 Å². The molecule has 17 nitrogen and oxygen atoms in total. The summed E-state index contributed by atoms with van der Waals surface area (Å²) in [5, 5.41) is 10.9. The number of pyridine rings is 1. The van der Waals surface area contributed by atoms with Gasteiger partial charge in [-0.05, 0) is 111 Å². The van der Waals surface area contributed by atoms with E-state index in [2.05, 4.69) is 77.5 Å². The number of amides is 2. The minimum absolute atomic E-state index is 0.157. The number of carbonyl (C=O) groups is 2. The minimum Gasteiger partial charge on any atom is -0.497 e. The van der Waals surface area contributed by atoms with E-state index in [1.807, 2.05) is 37.3 Å². The maximum absolute atomic E-state index is 13.8. The summed E-state index contributed by atoms with van der Waals surface area (Å²) < 4.78 is 33.5. The molecule has 3 N–H and O–H groups in total. The number of benzene rings is 3. The van der Waals surface area contributed by atoms with E-state index in [0.29, 0.717) is 57.8 Å². The van der Waals surface area contributed by atoms with Crippen LogP contribution in [0.15, 0.2) is 68.4 Å². The average Bonchev–Trinajstić information content (AvgIpc) is 3.69. The molecule has 0 spiro atoms. The van der Waals surface area contributed by atoms with Gasteiger partial charge in [0.25, 0.3) is 0 Å². The highest BCUT2D eigenvalue weighted by atomic mass is 79.9. The summed E-state index contributed by atoms with van der Waals surface area (Å²) >= 11 is 3.64. The van der Waals surface area contributed by atoms with Crippen molar-refractivity contribution in [3.63, 3.8) is 0 Å². The molecule has 2 amide bonds. The lowest BCUT2D eigenvalue weighted by atomic mass is 9.99. The van der Waals surface area contributed by atoms with E-state index in [-0.39, 0.29) is 18.7 Å². The van der Waals surface area contributed by atoms with Gasteiger partial charge < -0.3 is 38.9 Å². The first-order valence-corrected chi connectivity index (χ1v) is 27.8. The summed E-state index contributed by atoms with van der Waals surface area (Å²) in [6.45, 7) is 16.8. The Labute approximate surface area is 416 Å². The number of anilines is 5. The van der Waals surface area contributed by atoms with Crippen molar-refractivity contribution in [2.75, 3.05) is 88.4 Å². The Hall–Kier alpha value is -5.81. The fourth-order valence-electron chi connectivity index (χ4n) is 10.2. The predicted octanol–water partition coefficient (Wildman–Crippen LogP) is 7.77. The Balaban J connectivity index is 0.833. The van der Waals surface area contributed by atoms with Gasteiger partial charge in [0.05, 0.1) is 40.6 Å². The number of rotatable bonds is 16. The zero-order valence-corrected chi connectivity index (χ0v) is 43.3. The molecule has 3 aliphatic rings. The van der Waals surface area contributed by atoms with Gasteiger partial charge in [0.2, 0.25) is 17.8 Å². The fourth-order valence-corrected chi connectivity index (χ4v) is 12.0. The molecule has 3 aromatic carbocycles. The van der Waals surface area contributed by atoms with E-state index in [9.17, 15) is 18.9 Å². The molecular weight excluding hydrogens is 976 g/mol. The molecule has 3 saturated heterocycles. The van der Waals surface area contributed by atoms with Crippen LogP contribution in [0.25, 0.3) is 22.0 Å². The van der Waals surface area contributed by atoms with Crippen LogP contribution in [0.5, 0.6) is 11.5 Å². The van der Waals surface area contributed by atoms with Crippen LogP contribution in [-0.2, 0) is 33.4 Å². The Kier molecular flexibility index (Phi) is 14.7. The standard InChI is InChI=1S/C51H62BrN10O7P/c1-7-31-27-40(56-50-53-30-37(52)48(58-50)55-39-13-12-38-36(47(39)70(5,6)66)11-10-33(8-2)54-38)44(68-9-3)29-42(31)61-20-17-34(18-21-61)60-24-22-59(23-25-60)19-16-32-26-35(67-4)28-43-46(32)69-51(65)62(43)41-14-15-45(63)57-49(41)64/h10-13,26-30,34,41H,7-9,14-25H2,1-6H3,(H,57,63,64)(H2,53,55,56,58). The monoisotopic (exact) mass is 1040 g/mol. The highest BCUT2D eigenvalue weighted by molar-refractivity contribution is 9.10. The largest absolute Gasteiger partial charge is 0.497 e. The lowest BCUT2D eigenvalue weighted by Gasteiger charge is -2.43. The molecule has 0 radical (unpaired) electrons. The number of fused-ring (bicyclic) bond motifs is 2. The van der Waals surface area contributed by atoms with E-state index in [1.165, 1.54) is 15.8 Å². The number of aryl methyl sites for hydroxylation is 2. The number of hydrogen-bond acceptors (Lipinski definition) is 15. The number of imide groups is 1. The zero-order chi connectivity index (χ0) is 49.3. The summed E-state index contributed by atoms with van der Waals surface area (Å²) in [5.41, 5.74) is 7.48. The molecule has 19 heteroatoms. The number of oxazole rings is 1. The topological polar surface area (TPSA) is 189 Å². The van der Waals surface area contributed by atoms with Gasteiger partial charge in [-0.3, -0.25) is 29.4 Å². The number of carbonyl (C=O) groups excluding carboxylic acids is 2. The lowest BCUT2D eigenvalue weighted by molar-refractivity contribution is -0.135. The van der Waals surface area contributed by atoms with Gasteiger partial charge in [-0.25, -0.2) is 9.78 Å². The van der Waals surface area contributed by atoms with Crippen LogP contribution >= 0.6 is 23.1 Å². The fraction of sp³-hybridized carbons (Fsp3) is 0.451. The van der Waals surface area contributed by atoms with Crippen molar-refractivity contribution in [3.8, 4) is 11.5 Å². The molecular formula is C51H62BrN10O7P. The SMILES string of the molecule is CCOc1cc(N2CCC(N3CCN(CCc4cc(OC)cc5c4oc(=O)n5C4CCC(=O)NC4=O)CC3)CC2)c(CC)cc1Nc1ncc(Br)c(Nc2ccc3nc(CC)ccc3c2P(C)(C)=O)n1. The molecule has 0 bridgehead atoms. The van der Waals surface area contributed by atoms with Gasteiger partial charge in [0.1, 0.15) is 30.5 Å². The molecule has 9 rings (SSSR count). The van der Waals surface area contributed by atoms with E-state index >= 15 is 0 Å². The van der Waals surface area contributed by atoms with Crippen LogP contribution in [0.3, 0.4) is 0 Å². The summed E-state index contributed by atoms with van der Waals surface area (Å²) in [7, 11) is -1.17. The van der Waals surface area contributed by atoms with Gasteiger partial charge in [0.15, 0.2) is 5.58 Å². The average molecular weight is 1040 g/mol. The van der Waals surface area contributed by atoms with Crippen molar-refractivity contribution in [3.05, 3.63) is 86.6 Å². The number of ether oxygens (including phenoxy) is 2.